The SMILES string of the molecule is Cc1cccc(NC(=O)CN2CCN(Cn3ccc(-c4ccsc4)n3)CC2)c1C. The summed E-state index contributed by atoms with van der Waals surface area (Å²) >= 11 is 1.69. The highest BCUT2D eigenvalue weighted by molar-refractivity contribution is 7.08. The molecule has 7 heteroatoms. The lowest BCUT2D eigenvalue weighted by atomic mass is 10.1. The van der Waals surface area contributed by atoms with Gasteiger partial charge in [-0.1, -0.05) is 12.1 Å². The molecular formula is C22H27N5OS. The van der Waals surface area contributed by atoms with Crippen LogP contribution in [0.5, 0.6) is 0 Å². The van der Waals surface area contributed by atoms with E-state index >= 15 is 0 Å². The number of hydrogen-bond acceptors (Lipinski definition) is 5. The molecule has 1 amide bonds. The zero-order valence-electron chi connectivity index (χ0n) is 17.0. The quantitative estimate of drug-likeness (QED) is 0.678. The summed E-state index contributed by atoms with van der Waals surface area (Å²) in [6.45, 7) is 8.97. The van der Waals surface area contributed by atoms with Gasteiger partial charge in [-0.15, -0.1) is 0 Å². The molecule has 1 saturated heterocycles. The summed E-state index contributed by atoms with van der Waals surface area (Å²) in [5.74, 6) is 0.0552. The van der Waals surface area contributed by atoms with Gasteiger partial charge in [-0.2, -0.15) is 16.4 Å². The highest BCUT2D eigenvalue weighted by atomic mass is 32.1. The number of rotatable bonds is 6. The molecule has 1 aliphatic heterocycles. The largest absolute Gasteiger partial charge is 0.325 e. The van der Waals surface area contributed by atoms with Crippen molar-refractivity contribution in [1.29, 1.82) is 0 Å². The molecule has 6 nitrogen and oxygen atoms in total. The van der Waals surface area contributed by atoms with Crippen LogP contribution in [0.4, 0.5) is 5.69 Å². The Morgan fingerprint density at radius 2 is 1.90 bits per heavy atom. The van der Waals surface area contributed by atoms with Gasteiger partial charge in [0.25, 0.3) is 0 Å². The van der Waals surface area contributed by atoms with Crippen molar-refractivity contribution in [3.63, 3.8) is 0 Å². The molecule has 0 unspecified atom stereocenters. The second-order valence-electron chi connectivity index (χ2n) is 7.58. The minimum absolute atomic E-state index is 0.0552. The molecule has 152 valence electrons. The van der Waals surface area contributed by atoms with Gasteiger partial charge >= 0.3 is 0 Å². The summed E-state index contributed by atoms with van der Waals surface area (Å²) in [4.78, 5) is 17.0. The summed E-state index contributed by atoms with van der Waals surface area (Å²) in [6.07, 6.45) is 2.04. The molecule has 1 N–H and O–H groups in total. The zero-order valence-corrected chi connectivity index (χ0v) is 17.8. The lowest BCUT2D eigenvalue weighted by molar-refractivity contribution is -0.117. The molecular weight excluding hydrogens is 382 g/mol. The number of carbonyl (C=O) groups excluding carboxylic acids is 1. The second kappa shape index (κ2) is 8.90. The predicted molar refractivity (Wildman–Crippen MR) is 118 cm³/mol. The molecule has 0 radical (unpaired) electrons. The summed E-state index contributed by atoms with van der Waals surface area (Å²) in [7, 11) is 0. The predicted octanol–water partition coefficient (Wildman–Crippen LogP) is 3.44. The first kappa shape index (κ1) is 19.8. The van der Waals surface area contributed by atoms with Crippen molar-refractivity contribution in [3.05, 3.63) is 58.4 Å². The van der Waals surface area contributed by atoms with Crippen LogP contribution in [0.2, 0.25) is 0 Å². The number of anilines is 1. The Morgan fingerprint density at radius 3 is 2.66 bits per heavy atom. The highest BCUT2D eigenvalue weighted by Gasteiger charge is 2.19. The van der Waals surface area contributed by atoms with Crippen LogP contribution in [0.1, 0.15) is 11.1 Å². The van der Waals surface area contributed by atoms with Crippen LogP contribution in [0.15, 0.2) is 47.3 Å². The normalized spacial score (nSPS) is 15.5. The zero-order chi connectivity index (χ0) is 20.2. The molecule has 0 aliphatic carbocycles. The third-order valence-corrected chi connectivity index (χ3v) is 6.20. The summed E-state index contributed by atoms with van der Waals surface area (Å²) in [5.41, 5.74) is 5.43. The Bertz CT molecular complexity index is 958. The molecule has 29 heavy (non-hydrogen) atoms. The molecule has 2 aromatic heterocycles. The lowest BCUT2D eigenvalue weighted by Gasteiger charge is -2.34. The summed E-state index contributed by atoms with van der Waals surface area (Å²) < 4.78 is 2.00. The van der Waals surface area contributed by atoms with E-state index in [2.05, 4.69) is 56.1 Å². The van der Waals surface area contributed by atoms with E-state index < -0.39 is 0 Å². The van der Waals surface area contributed by atoms with Gasteiger partial charge in [-0.05, 0) is 48.6 Å². The average Bonchev–Trinajstić information content (AvgIpc) is 3.39. The topological polar surface area (TPSA) is 53.4 Å². The van der Waals surface area contributed by atoms with E-state index in [-0.39, 0.29) is 5.91 Å². The molecule has 3 heterocycles. The maximum Gasteiger partial charge on any atom is 0.238 e. The van der Waals surface area contributed by atoms with Crippen molar-refractivity contribution in [3.8, 4) is 11.3 Å². The van der Waals surface area contributed by atoms with Gasteiger partial charge in [0.1, 0.15) is 0 Å². The fraction of sp³-hybridized carbons (Fsp3) is 0.364. The number of aryl methyl sites for hydroxylation is 1. The van der Waals surface area contributed by atoms with Crippen LogP contribution >= 0.6 is 11.3 Å². The van der Waals surface area contributed by atoms with Crippen LogP contribution in [-0.4, -0.2) is 58.2 Å². The number of carbonyl (C=O) groups is 1. The maximum absolute atomic E-state index is 12.5. The first-order valence-corrected chi connectivity index (χ1v) is 10.9. The van der Waals surface area contributed by atoms with E-state index in [4.69, 9.17) is 0 Å². The Hall–Kier alpha value is -2.48. The third-order valence-electron chi connectivity index (χ3n) is 5.51. The molecule has 0 spiro atoms. The van der Waals surface area contributed by atoms with Crippen molar-refractivity contribution in [2.75, 3.05) is 38.0 Å². The lowest BCUT2D eigenvalue weighted by Crippen LogP contribution is -2.48. The molecule has 1 fully saturated rings. The van der Waals surface area contributed by atoms with Gasteiger partial charge in [0.15, 0.2) is 0 Å². The standard InChI is InChI=1S/C22H27N5OS/c1-17-4-3-5-20(18(17)2)23-22(28)14-25-9-11-26(12-10-25)16-27-8-6-21(24-27)19-7-13-29-15-19/h3-8,13,15H,9-12,14,16H2,1-2H3,(H,23,28). The van der Waals surface area contributed by atoms with E-state index in [1.807, 2.05) is 29.9 Å². The fourth-order valence-electron chi connectivity index (χ4n) is 3.58. The van der Waals surface area contributed by atoms with E-state index in [1.165, 1.54) is 11.1 Å². The van der Waals surface area contributed by atoms with Gasteiger partial charge in [-0.3, -0.25) is 19.3 Å². The van der Waals surface area contributed by atoms with Gasteiger partial charge in [0.05, 0.1) is 18.9 Å². The number of hydrogen-bond donors (Lipinski definition) is 1. The number of thiophene rings is 1. The fourth-order valence-corrected chi connectivity index (χ4v) is 4.23. The first-order chi connectivity index (χ1) is 14.1. The number of piperazine rings is 1. The minimum Gasteiger partial charge on any atom is -0.325 e. The van der Waals surface area contributed by atoms with Gasteiger partial charge in [-0.25, -0.2) is 0 Å². The van der Waals surface area contributed by atoms with Crippen LogP contribution < -0.4 is 5.32 Å². The number of aromatic nitrogens is 2. The van der Waals surface area contributed by atoms with E-state index in [9.17, 15) is 4.79 Å². The van der Waals surface area contributed by atoms with E-state index in [1.54, 1.807) is 11.3 Å². The van der Waals surface area contributed by atoms with Crippen molar-refractivity contribution in [2.24, 2.45) is 0 Å². The number of amides is 1. The second-order valence-corrected chi connectivity index (χ2v) is 8.36. The molecule has 0 bridgehead atoms. The third kappa shape index (κ3) is 4.93. The molecule has 0 atom stereocenters. The molecule has 1 aliphatic rings. The number of benzene rings is 1. The monoisotopic (exact) mass is 409 g/mol. The van der Waals surface area contributed by atoms with E-state index in [0.29, 0.717) is 6.54 Å². The Morgan fingerprint density at radius 1 is 1.10 bits per heavy atom. The first-order valence-electron chi connectivity index (χ1n) is 9.95. The Labute approximate surface area is 175 Å². The molecule has 1 aromatic carbocycles. The van der Waals surface area contributed by atoms with Crippen LogP contribution in [0.3, 0.4) is 0 Å². The van der Waals surface area contributed by atoms with Gasteiger partial charge < -0.3 is 5.32 Å². The van der Waals surface area contributed by atoms with E-state index in [0.717, 1.165) is 49.8 Å². The molecule has 4 rings (SSSR count). The summed E-state index contributed by atoms with van der Waals surface area (Å²) in [5, 5.41) is 11.9. The Kier molecular flexibility index (Phi) is 6.08. The van der Waals surface area contributed by atoms with Gasteiger partial charge in [0.2, 0.25) is 5.91 Å². The van der Waals surface area contributed by atoms with Crippen molar-refractivity contribution >= 4 is 22.9 Å². The highest BCUT2D eigenvalue weighted by Crippen LogP contribution is 2.20. The minimum atomic E-state index is 0.0552. The number of nitrogens with one attached hydrogen (secondary N) is 1. The molecule has 3 aromatic rings. The van der Waals surface area contributed by atoms with Crippen LogP contribution in [-0.2, 0) is 11.5 Å². The van der Waals surface area contributed by atoms with Crippen molar-refractivity contribution in [1.82, 2.24) is 19.6 Å². The van der Waals surface area contributed by atoms with Gasteiger partial charge in [0, 0.05) is 49.0 Å². The van der Waals surface area contributed by atoms with Crippen LogP contribution in [0.25, 0.3) is 11.3 Å². The molecule has 0 saturated carbocycles. The summed E-state index contributed by atoms with van der Waals surface area (Å²) in [6, 6.07) is 10.2. The van der Waals surface area contributed by atoms with Crippen LogP contribution in [0, 0.1) is 13.8 Å². The average molecular weight is 410 g/mol. The smallest absolute Gasteiger partial charge is 0.238 e. The Balaban J connectivity index is 1.24. The number of nitrogens with zero attached hydrogens (tertiary/aromatic N) is 4. The van der Waals surface area contributed by atoms with Crippen molar-refractivity contribution < 1.29 is 4.79 Å². The maximum atomic E-state index is 12.5. The van der Waals surface area contributed by atoms with Crippen molar-refractivity contribution in [2.45, 2.75) is 20.5 Å².